The zero-order valence-corrected chi connectivity index (χ0v) is 17.7. The molecule has 0 amide bonds. The van der Waals surface area contributed by atoms with Crippen molar-refractivity contribution < 1.29 is 23.0 Å². The molecule has 170 valence electrons. The Bertz CT molecular complexity index is 1050. The van der Waals surface area contributed by atoms with Crippen LogP contribution in [0.25, 0.3) is 22.2 Å². The Hall–Kier alpha value is -3.00. The van der Waals surface area contributed by atoms with Gasteiger partial charge in [0.05, 0.1) is 11.2 Å². The van der Waals surface area contributed by atoms with Gasteiger partial charge in [0, 0.05) is 23.2 Å². The molecule has 0 bridgehead atoms. The number of phenols is 1. The molecular formula is C24H26F3N3O2. The summed E-state index contributed by atoms with van der Waals surface area (Å²) < 4.78 is 42.2. The minimum Gasteiger partial charge on any atom is -0.508 e. The standard InChI is InChI=1S/C24H26F3N3O2/c25-24(26,27)32-19-9-10-21-20(15-19)23(28-11-4-14-30-12-2-1-3-13-30)16-22(29-21)17-5-7-18(31)8-6-17/h5-10,15-16,31H,1-4,11-14H2,(H,28,29). The van der Waals surface area contributed by atoms with Crippen molar-refractivity contribution in [3.05, 3.63) is 48.5 Å². The number of aromatic nitrogens is 1. The van der Waals surface area contributed by atoms with Crippen molar-refractivity contribution in [2.24, 2.45) is 0 Å². The molecule has 2 heterocycles. The molecule has 8 heteroatoms. The average Bonchev–Trinajstić information content (AvgIpc) is 2.77. The summed E-state index contributed by atoms with van der Waals surface area (Å²) in [6.07, 6.45) is -0.0624. The number of anilines is 1. The number of likely N-dealkylation sites (tertiary alicyclic amines) is 1. The van der Waals surface area contributed by atoms with Crippen molar-refractivity contribution >= 4 is 16.6 Å². The normalized spacial score (nSPS) is 15.1. The minimum absolute atomic E-state index is 0.152. The maximum Gasteiger partial charge on any atom is 0.573 e. The van der Waals surface area contributed by atoms with Gasteiger partial charge in [-0.15, -0.1) is 13.2 Å². The molecule has 0 radical (unpaired) electrons. The minimum atomic E-state index is -4.75. The number of rotatable bonds is 7. The quantitative estimate of drug-likeness (QED) is 0.451. The lowest BCUT2D eigenvalue weighted by molar-refractivity contribution is -0.274. The van der Waals surface area contributed by atoms with Crippen molar-refractivity contribution in [3.8, 4) is 22.8 Å². The molecule has 0 unspecified atom stereocenters. The number of phenolic OH excluding ortho intramolecular Hbond substituents is 1. The maximum absolute atomic E-state index is 12.7. The molecule has 0 spiro atoms. The average molecular weight is 445 g/mol. The summed E-state index contributed by atoms with van der Waals surface area (Å²) >= 11 is 0. The van der Waals surface area contributed by atoms with Crippen LogP contribution < -0.4 is 10.1 Å². The van der Waals surface area contributed by atoms with Crippen molar-refractivity contribution in [3.63, 3.8) is 0 Å². The van der Waals surface area contributed by atoms with Crippen LogP contribution in [-0.4, -0.2) is 47.5 Å². The Labute approximate surface area is 184 Å². The van der Waals surface area contributed by atoms with Gasteiger partial charge in [-0.1, -0.05) is 6.42 Å². The smallest absolute Gasteiger partial charge is 0.508 e. The van der Waals surface area contributed by atoms with Crippen LogP contribution in [0.5, 0.6) is 11.5 Å². The third-order valence-corrected chi connectivity index (χ3v) is 5.59. The lowest BCUT2D eigenvalue weighted by Crippen LogP contribution is -2.31. The van der Waals surface area contributed by atoms with Crippen molar-refractivity contribution in [1.29, 1.82) is 0 Å². The van der Waals surface area contributed by atoms with Gasteiger partial charge in [-0.3, -0.25) is 0 Å². The molecule has 1 aliphatic rings. The molecule has 0 aliphatic carbocycles. The summed E-state index contributed by atoms with van der Waals surface area (Å²) in [6.45, 7) is 3.93. The predicted octanol–water partition coefficient (Wildman–Crippen LogP) is 5.79. The largest absolute Gasteiger partial charge is 0.573 e. The number of benzene rings is 2. The molecule has 2 N–H and O–H groups in total. The van der Waals surface area contributed by atoms with Gasteiger partial charge in [0.15, 0.2) is 0 Å². The van der Waals surface area contributed by atoms with E-state index in [1.54, 1.807) is 24.3 Å². The van der Waals surface area contributed by atoms with E-state index in [9.17, 15) is 18.3 Å². The molecule has 32 heavy (non-hydrogen) atoms. The van der Waals surface area contributed by atoms with Gasteiger partial charge in [-0.05, 0) is 87.4 Å². The lowest BCUT2D eigenvalue weighted by atomic mass is 10.1. The molecule has 3 aromatic rings. The Morgan fingerprint density at radius 2 is 1.75 bits per heavy atom. The van der Waals surface area contributed by atoms with Crippen LogP contribution in [0.2, 0.25) is 0 Å². The van der Waals surface area contributed by atoms with E-state index in [4.69, 9.17) is 0 Å². The summed E-state index contributed by atoms with van der Waals surface area (Å²) in [4.78, 5) is 7.06. The van der Waals surface area contributed by atoms with Crippen LogP contribution >= 0.6 is 0 Å². The van der Waals surface area contributed by atoms with E-state index in [1.807, 2.05) is 6.07 Å². The van der Waals surface area contributed by atoms with Crippen LogP contribution in [0.1, 0.15) is 25.7 Å². The number of nitrogens with zero attached hydrogens (tertiary/aromatic N) is 2. The second kappa shape index (κ2) is 9.65. The number of hydrogen-bond donors (Lipinski definition) is 2. The summed E-state index contributed by atoms with van der Waals surface area (Å²) in [5, 5.41) is 13.5. The highest BCUT2D eigenvalue weighted by Crippen LogP contribution is 2.33. The van der Waals surface area contributed by atoms with E-state index < -0.39 is 6.36 Å². The first-order valence-electron chi connectivity index (χ1n) is 10.8. The number of hydrogen-bond acceptors (Lipinski definition) is 5. The molecule has 1 aliphatic heterocycles. The highest BCUT2D eigenvalue weighted by atomic mass is 19.4. The number of pyridine rings is 1. The molecule has 2 aromatic carbocycles. The number of aromatic hydroxyl groups is 1. The fraction of sp³-hybridized carbons (Fsp3) is 0.375. The van der Waals surface area contributed by atoms with Gasteiger partial charge >= 0.3 is 6.36 Å². The van der Waals surface area contributed by atoms with Crippen molar-refractivity contribution in [1.82, 2.24) is 9.88 Å². The number of piperidine rings is 1. The maximum atomic E-state index is 12.7. The van der Waals surface area contributed by atoms with Gasteiger partial charge in [0.25, 0.3) is 0 Å². The van der Waals surface area contributed by atoms with Crippen molar-refractivity contribution in [2.75, 3.05) is 31.5 Å². The second-order valence-corrected chi connectivity index (χ2v) is 8.01. The van der Waals surface area contributed by atoms with Gasteiger partial charge in [-0.25, -0.2) is 4.98 Å². The van der Waals surface area contributed by atoms with Crippen LogP contribution in [0.15, 0.2) is 48.5 Å². The van der Waals surface area contributed by atoms with E-state index >= 15 is 0 Å². The van der Waals surface area contributed by atoms with Crippen molar-refractivity contribution in [2.45, 2.75) is 32.0 Å². The number of fused-ring (bicyclic) bond motifs is 1. The Balaban J connectivity index is 1.59. The Morgan fingerprint density at radius 1 is 1.00 bits per heavy atom. The zero-order chi connectivity index (χ0) is 22.6. The summed E-state index contributed by atoms with van der Waals surface area (Å²) in [5.41, 5.74) is 2.73. The SMILES string of the molecule is Oc1ccc(-c2cc(NCCCN3CCCCC3)c3cc(OC(F)(F)F)ccc3n2)cc1. The molecule has 1 aromatic heterocycles. The second-order valence-electron chi connectivity index (χ2n) is 8.01. The third kappa shape index (κ3) is 5.82. The third-order valence-electron chi connectivity index (χ3n) is 5.59. The highest BCUT2D eigenvalue weighted by Gasteiger charge is 2.31. The molecule has 1 saturated heterocycles. The summed E-state index contributed by atoms with van der Waals surface area (Å²) in [7, 11) is 0. The number of halogens is 3. The number of nitrogens with one attached hydrogen (secondary N) is 1. The van der Waals surface area contributed by atoms with Crippen LogP contribution in [-0.2, 0) is 0 Å². The van der Waals surface area contributed by atoms with E-state index in [0.29, 0.717) is 28.8 Å². The van der Waals surface area contributed by atoms with E-state index in [0.717, 1.165) is 31.6 Å². The zero-order valence-electron chi connectivity index (χ0n) is 17.7. The Kier molecular flexibility index (Phi) is 6.69. The van der Waals surface area contributed by atoms with Gasteiger partial charge in [-0.2, -0.15) is 0 Å². The monoisotopic (exact) mass is 445 g/mol. The lowest BCUT2D eigenvalue weighted by Gasteiger charge is -2.26. The van der Waals surface area contributed by atoms with E-state index in [-0.39, 0.29) is 11.5 Å². The van der Waals surface area contributed by atoms with E-state index in [1.165, 1.54) is 37.5 Å². The molecule has 4 rings (SSSR count). The van der Waals surface area contributed by atoms with Gasteiger partial charge in [0.2, 0.25) is 0 Å². The molecule has 0 atom stereocenters. The van der Waals surface area contributed by atoms with E-state index in [2.05, 4.69) is 19.9 Å². The van der Waals surface area contributed by atoms with Crippen LogP contribution in [0.3, 0.4) is 0 Å². The number of ether oxygens (including phenoxy) is 1. The molecule has 5 nitrogen and oxygen atoms in total. The van der Waals surface area contributed by atoms with Crippen LogP contribution in [0.4, 0.5) is 18.9 Å². The highest BCUT2D eigenvalue weighted by molar-refractivity contribution is 5.94. The molecular weight excluding hydrogens is 419 g/mol. The fourth-order valence-electron chi connectivity index (χ4n) is 4.04. The first-order chi connectivity index (χ1) is 15.4. The molecule has 1 fully saturated rings. The first-order valence-corrected chi connectivity index (χ1v) is 10.8. The van der Waals surface area contributed by atoms with Gasteiger partial charge in [0.1, 0.15) is 11.5 Å². The topological polar surface area (TPSA) is 57.6 Å². The Morgan fingerprint density at radius 3 is 2.47 bits per heavy atom. The summed E-state index contributed by atoms with van der Waals surface area (Å²) in [5.74, 6) is -0.125. The fourth-order valence-corrected chi connectivity index (χ4v) is 4.04. The summed E-state index contributed by atoms with van der Waals surface area (Å²) in [6, 6.07) is 12.6. The van der Waals surface area contributed by atoms with Crippen LogP contribution in [0, 0.1) is 0 Å². The number of alkyl halides is 3. The predicted molar refractivity (Wildman–Crippen MR) is 119 cm³/mol. The van der Waals surface area contributed by atoms with Gasteiger partial charge < -0.3 is 20.1 Å². The first kappa shape index (κ1) is 22.2. The molecule has 0 saturated carbocycles.